The van der Waals surface area contributed by atoms with Crippen LogP contribution in [-0.4, -0.2) is 57.3 Å². The second kappa shape index (κ2) is 50.5. The maximum Gasteiger partial charge on any atom is 0.249 e. The van der Waals surface area contributed by atoms with E-state index in [4.69, 9.17) is 0 Å². The number of aliphatic hydroxyl groups is 4. The van der Waals surface area contributed by atoms with Gasteiger partial charge in [-0.25, -0.2) is 0 Å². The summed E-state index contributed by atoms with van der Waals surface area (Å²) in [6.07, 6.45) is 62.1. The highest BCUT2D eigenvalue weighted by molar-refractivity contribution is 5.80. The average Bonchev–Trinajstić information content (AvgIpc) is 3.28. The van der Waals surface area contributed by atoms with Gasteiger partial charge in [0.05, 0.1) is 18.8 Å². The summed E-state index contributed by atoms with van der Waals surface area (Å²) < 4.78 is 0. The maximum absolute atomic E-state index is 12.6. The van der Waals surface area contributed by atoms with Crippen LogP contribution in [0.1, 0.15) is 284 Å². The van der Waals surface area contributed by atoms with Crippen molar-refractivity contribution >= 4 is 5.91 Å². The Hall–Kier alpha value is -1.47. The van der Waals surface area contributed by atoms with Crippen LogP contribution in [0.2, 0.25) is 0 Å². The van der Waals surface area contributed by atoms with E-state index in [2.05, 4.69) is 55.6 Å². The zero-order valence-corrected chi connectivity index (χ0v) is 41.4. The van der Waals surface area contributed by atoms with Gasteiger partial charge in [-0.1, -0.05) is 256 Å². The Bertz CT molecular complexity index is 981. The maximum atomic E-state index is 12.6. The van der Waals surface area contributed by atoms with Crippen LogP contribution in [0.25, 0.3) is 0 Å². The lowest BCUT2D eigenvalue weighted by Crippen LogP contribution is -2.53. The van der Waals surface area contributed by atoms with Crippen LogP contribution < -0.4 is 5.32 Å². The van der Waals surface area contributed by atoms with Gasteiger partial charge in [0.15, 0.2) is 0 Å². The number of carbonyl (C=O) groups excluding carboxylic acids is 1. The molecule has 0 bridgehead atoms. The summed E-state index contributed by atoms with van der Waals surface area (Å²) in [6.45, 7) is 4.07. The molecular weight excluding hydrogens is 767 g/mol. The third-order valence-corrected chi connectivity index (χ3v) is 12.8. The van der Waals surface area contributed by atoms with Gasteiger partial charge in [-0.05, 0) is 64.2 Å². The van der Waals surface area contributed by atoms with Gasteiger partial charge in [-0.3, -0.25) is 4.79 Å². The molecule has 6 nitrogen and oxygen atoms in total. The predicted molar refractivity (Wildman–Crippen MR) is 270 cm³/mol. The molecule has 0 aromatic rings. The van der Waals surface area contributed by atoms with Crippen molar-refractivity contribution < 1.29 is 25.2 Å². The van der Waals surface area contributed by atoms with Crippen LogP contribution in [0.5, 0.6) is 0 Å². The van der Waals surface area contributed by atoms with Gasteiger partial charge in [0, 0.05) is 0 Å². The van der Waals surface area contributed by atoms with Crippen molar-refractivity contribution in [3.05, 3.63) is 36.5 Å². The number of nitrogens with one attached hydrogen (secondary N) is 1. The zero-order valence-electron chi connectivity index (χ0n) is 41.4. The second-order valence-electron chi connectivity index (χ2n) is 18.9. The number of allylic oxidation sites excluding steroid dienone is 6. The Morgan fingerprint density at radius 3 is 1.02 bits per heavy atom. The van der Waals surface area contributed by atoms with Gasteiger partial charge in [0.1, 0.15) is 12.2 Å². The smallest absolute Gasteiger partial charge is 0.249 e. The molecule has 1 amide bonds. The molecule has 0 fully saturated rings. The van der Waals surface area contributed by atoms with Crippen LogP contribution >= 0.6 is 0 Å². The quantitative estimate of drug-likeness (QED) is 0.0309. The minimum Gasteiger partial charge on any atom is -0.394 e. The molecule has 0 aromatic heterocycles. The average molecular weight is 874 g/mol. The highest BCUT2D eigenvalue weighted by atomic mass is 16.3. The lowest BCUT2D eigenvalue weighted by molar-refractivity contribution is -0.132. The van der Waals surface area contributed by atoms with Crippen LogP contribution in [0.4, 0.5) is 0 Å². The number of hydrogen-bond donors (Lipinski definition) is 5. The molecule has 0 aromatic carbocycles. The van der Waals surface area contributed by atoms with Gasteiger partial charge >= 0.3 is 0 Å². The Morgan fingerprint density at radius 2 is 0.677 bits per heavy atom. The highest BCUT2D eigenvalue weighted by Crippen LogP contribution is 2.17. The normalized spacial score (nSPS) is 14.1. The SMILES string of the molecule is CCCCCCCCCCCCCC/C=C/CC/C=C/CC/C=C/CCCC(O)C(O)C(CO)NC(=O)C(O)CCCCCCCCCCCCCCCCCCCCCCC. The molecule has 62 heavy (non-hydrogen) atoms. The molecule has 0 aliphatic heterocycles. The Labute approximate surface area is 386 Å². The summed E-state index contributed by atoms with van der Waals surface area (Å²) in [6, 6.07) is -1.01. The molecule has 0 saturated carbocycles. The van der Waals surface area contributed by atoms with Gasteiger partial charge in [0.25, 0.3) is 0 Å². The zero-order chi connectivity index (χ0) is 45.2. The first-order valence-corrected chi connectivity index (χ1v) is 27.4. The summed E-state index contributed by atoms with van der Waals surface area (Å²) in [7, 11) is 0. The number of aliphatic hydroxyl groups excluding tert-OH is 4. The fourth-order valence-corrected chi connectivity index (χ4v) is 8.50. The molecule has 5 N–H and O–H groups in total. The summed E-state index contributed by atoms with van der Waals surface area (Å²) in [5.74, 6) is -0.595. The van der Waals surface area contributed by atoms with Crippen molar-refractivity contribution in [3.8, 4) is 0 Å². The molecule has 4 unspecified atom stereocenters. The number of unbranched alkanes of at least 4 members (excludes halogenated alkanes) is 35. The topological polar surface area (TPSA) is 110 Å². The molecule has 0 heterocycles. The van der Waals surface area contributed by atoms with Crippen molar-refractivity contribution in [2.45, 2.75) is 308 Å². The summed E-state index contributed by atoms with van der Waals surface area (Å²) in [4.78, 5) is 12.6. The third kappa shape index (κ3) is 43.8. The van der Waals surface area contributed by atoms with Gasteiger partial charge in [-0.15, -0.1) is 0 Å². The van der Waals surface area contributed by atoms with Crippen molar-refractivity contribution in [2.75, 3.05) is 6.61 Å². The van der Waals surface area contributed by atoms with Crippen molar-refractivity contribution in [1.82, 2.24) is 5.32 Å². The van der Waals surface area contributed by atoms with E-state index in [9.17, 15) is 25.2 Å². The largest absolute Gasteiger partial charge is 0.394 e. The minimum atomic E-state index is -1.29. The van der Waals surface area contributed by atoms with E-state index in [0.717, 1.165) is 51.4 Å². The van der Waals surface area contributed by atoms with E-state index in [0.29, 0.717) is 19.3 Å². The van der Waals surface area contributed by atoms with Crippen molar-refractivity contribution in [1.29, 1.82) is 0 Å². The third-order valence-electron chi connectivity index (χ3n) is 12.8. The lowest BCUT2D eigenvalue weighted by atomic mass is 10.00. The molecule has 366 valence electrons. The van der Waals surface area contributed by atoms with Crippen LogP contribution in [-0.2, 0) is 4.79 Å². The summed E-state index contributed by atoms with van der Waals surface area (Å²) in [5, 5.41) is 43.9. The number of amides is 1. The van der Waals surface area contributed by atoms with E-state index in [1.807, 2.05) is 0 Å². The summed E-state index contributed by atoms with van der Waals surface area (Å²) >= 11 is 0. The predicted octanol–water partition coefficient (Wildman–Crippen LogP) is 15.6. The Morgan fingerprint density at radius 1 is 0.387 bits per heavy atom. The van der Waals surface area contributed by atoms with Gasteiger partial charge in [0.2, 0.25) is 5.91 Å². The fourth-order valence-electron chi connectivity index (χ4n) is 8.50. The molecule has 0 radical (unpaired) electrons. The fraction of sp³-hybridized carbons (Fsp3) is 0.875. The first-order chi connectivity index (χ1) is 30.5. The number of carbonyl (C=O) groups is 1. The molecule has 0 aliphatic rings. The van der Waals surface area contributed by atoms with E-state index in [-0.39, 0.29) is 0 Å². The Kier molecular flexibility index (Phi) is 49.3. The molecule has 4 atom stereocenters. The van der Waals surface area contributed by atoms with Gasteiger partial charge < -0.3 is 25.7 Å². The van der Waals surface area contributed by atoms with Crippen molar-refractivity contribution in [3.63, 3.8) is 0 Å². The first kappa shape index (κ1) is 60.5. The van der Waals surface area contributed by atoms with E-state index in [1.54, 1.807) is 0 Å². The molecule has 0 rings (SSSR count). The van der Waals surface area contributed by atoms with E-state index in [1.165, 1.54) is 199 Å². The molecule has 0 spiro atoms. The first-order valence-electron chi connectivity index (χ1n) is 27.4. The Balaban J connectivity index is 3.72. The summed E-state index contributed by atoms with van der Waals surface area (Å²) in [5.41, 5.74) is 0. The van der Waals surface area contributed by atoms with Gasteiger partial charge in [-0.2, -0.15) is 0 Å². The second-order valence-corrected chi connectivity index (χ2v) is 18.9. The van der Waals surface area contributed by atoms with Crippen LogP contribution in [0.15, 0.2) is 36.5 Å². The molecule has 0 aliphatic carbocycles. The lowest BCUT2D eigenvalue weighted by Gasteiger charge is -2.27. The standard InChI is InChI=1S/C56H107NO5/c1-3-5-7-9-11-13-15-17-19-21-23-25-26-27-28-30-31-33-35-37-39-41-43-45-47-49-53(59)55(61)52(51-58)57-56(62)54(60)50-48-46-44-42-40-38-36-34-32-29-24-22-20-18-16-14-12-10-8-6-4-2/h27-28,33,35,41,43,52-55,58-61H,3-26,29-32,34,36-40,42,44-51H2,1-2H3,(H,57,62)/b28-27+,35-33+,43-41+. The number of hydrogen-bond acceptors (Lipinski definition) is 5. The minimum absolute atomic E-state index is 0.362. The highest BCUT2D eigenvalue weighted by Gasteiger charge is 2.28. The van der Waals surface area contributed by atoms with E-state index < -0.39 is 36.9 Å². The molecule has 6 heteroatoms. The number of rotatable bonds is 50. The molecule has 0 saturated heterocycles. The van der Waals surface area contributed by atoms with Crippen LogP contribution in [0, 0.1) is 0 Å². The monoisotopic (exact) mass is 874 g/mol. The van der Waals surface area contributed by atoms with Crippen molar-refractivity contribution in [2.24, 2.45) is 0 Å². The molecular formula is C56H107NO5. The van der Waals surface area contributed by atoms with Crippen LogP contribution in [0.3, 0.4) is 0 Å². The van der Waals surface area contributed by atoms with E-state index >= 15 is 0 Å².